The van der Waals surface area contributed by atoms with E-state index < -0.39 is 0 Å². The van der Waals surface area contributed by atoms with Gasteiger partial charge < -0.3 is 25.4 Å². The van der Waals surface area contributed by atoms with E-state index in [9.17, 15) is 4.79 Å². The Morgan fingerprint density at radius 1 is 1.00 bits per heavy atom. The number of aliphatic imine (C=N–C) groups is 1. The Balaban J connectivity index is 1.97. The van der Waals surface area contributed by atoms with Crippen LogP contribution < -0.4 is 25.4 Å². The SMILES string of the molecule is CCNC(=NCc1ccc(OC)c(OC)c1)NCCc1cccc(C(=O)NC)c1. The Kier molecular flexibility index (Phi) is 8.82. The summed E-state index contributed by atoms with van der Waals surface area (Å²) in [6, 6.07) is 13.4. The number of ether oxygens (including phenoxy) is 2. The predicted molar refractivity (Wildman–Crippen MR) is 116 cm³/mol. The quantitative estimate of drug-likeness (QED) is 0.446. The van der Waals surface area contributed by atoms with Gasteiger partial charge in [0, 0.05) is 25.7 Å². The fourth-order valence-electron chi connectivity index (χ4n) is 2.83. The summed E-state index contributed by atoms with van der Waals surface area (Å²) >= 11 is 0. The number of guanidine groups is 1. The highest BCUT2D eigenvalue weighted by atomic mass is 16.5. The van der Waals surface area contributed by atoms with Gasteiger partial charge in [0.05, 0.1) is 20.8 Å². The minimum Gasteiger partial charge on any atom is -0.493 e. The number of nitrogens with one attached hydrogen (secondary N) is 3. The molecule has 1 amide bonds. The summed E-state index contributed by atoms with van der Waals surface area (Å²) in [6.45, 7) is 4.02. The molecule has 3 N–H and O–H groups in total. The average Bonchev–Trinajstić information content (AvgIpc) is 2.76. The van der Waals surface area contributed by atoms with E-state index in [1.807, 2.05) is 49.4 Å². The van der Waals surface area contributed by atoms with Crippen LogP contribution in [-0.2, 0) is 13.0 Å². The summed E-state index contributed by atoms with van der Waals surface area (Å²) in [4.78, 5) is 16.4. The van der Waals surface area contributed by atoms with Gasteiger partial charge in [-0.1, -0.05) is 18.2 Å². The topological polar surface area (TPSA) is 84.0 Å². The maximum atomic E-state index is 11.8. The monoisotopic (exact) mass is 398 g/mol. The van der Waals surface area contributed by atoms with Gasteiger partial charge in [-0.3, -0.25) is 4.79 Å². The predicted octanol–water partition coefficient (Wildman–Crippen LogP) is 2.36. The van der Waals surface area contributed by atoms with Crippen LogP contribution in [-0.4, -0.2) is 46.2 Å². The molecule has 0 fully saturated rings. The third-order valence-corrected chi connectivity index (χ3v) is 4.33. The first-order chi connectivity index (χ1) is 14.1. The van der Waals surface area contributed by atoms with Gasteiger partial charge in [-0.25, -0.2) is 4.99 Å². The minimum absolute atomic E-state index is 0.0790. The molecule has 0 atom stereocenters. The second-order valence-corrected chi connectivity index (χ2v) is 6.34. The van der Waals surface area contributed by atoms with Gasteiger partial charge in [0.15, 0.2) is 17.5 Å². The first kappa shape index (κ1) is 22.1. The highest BCUT2D eigenvalue weighted by Crippen LogP contribution is 2.27. The maximum absolute atomic E-state index is 11.8. The number of hydrogen-bond acceptors (Lipinski definition) is 4. The average molecular weight is 399 g/mol. The molecule has 0 saturated heterocycles. The van der Waals surface area contributed by atoms with Crippen LogP contribution in [0.25, 0.3) is 0 Å². The molecule has 0 spiro atoms. The van der Waals surface area contributed by atoms with Crippen molar-refractivity contribution in [2.45, 2.75) is 19.9 Å². The Morgan fingerprint density at radius 2 is 1.79 bits per heavy atom. The lowest BCUT2D eigenvalue weighted by atomic mass is 10.1. The van der Waals surface area contributed by atoms with Gasteiger partial charge in [0.25, 0.3) is 5.91 Å². The van der Waals surface area contributed by atoms with Crippen LogP contribution >= 0.6 is 0 Å². The van der Waals surface area contributed by atoms with E-state index in [0.29, 0.717) is 30.2 Å². The van der Waals surface area contributed by atoms with Crippen molar-refractivity contribution >= 4 is 11.9 Å². The van der Waals surface area contributed by atoms with Crippen molar-refractivity contribution in [3.05, 3.63) is 59.2 Å². The largest absolute Gasteiger partial charge is 0.493 e. The lowest BCUT2D eigenvalue weighted by Crippen LogP contribution is -2.38. The van der Waals surface area contributed by atoms with Crippen molar-refractivity contribution < 1.29 is 14.3 Å². The Hall–Kier alpha value is -3.22. The van der Waals surface area contributed by atoms with Gasteiger partial charge in [-0.15, -0.1) is 0 Å². The minimum atomic E-state index is -0.0790. The number of benzene rings is 2. The highest BCUT2D eigenvalue weighted by molar-refractivity contribution is 5.94. The number of carbonyl (C=O) groups is 1. The van der Waals surface area contributed by atoms with Crippen molar-refractivity contribution in [2.24, 2.45) is 4.99 Å². The van der Waals surface area contributed by atoms with Crippen LogP contribution in [0.1, 0.15) is 28.4 Å². The van der Waals surface area contributed by atoms with Gasteiger partial charge in [0.1, 0.15) is 0 Å². The lowest BCUT2D eigenvalue weighted by Gasteiger charge is -2.12. The number of rotatable bonds is 9. The van der Waals surface area contributed by atoms with Crippen LogP contribution in [0.3, 0.4) is 0 Å². The zero-order valence-corrected chi connectivity index (χ0v) is 17.5. The Bertz CT molecular complexity index is 837. The second-order valence-electron chi connectivity index (χ2n) is 6.34. The summed E-state index contributed by atoms with van der Waals surface area (Å²) in [7, 11) is 4.87. The summed E-state index contributed by atoms with van der Waals surface area (Å²) in [5.41, 5.74) is 2.78. The maximum Gasteiger partial charge on any atom is 0.251 e. The molecule has 156 valence electrons. The third-order valence-electron chi connectivity index (χ3n) is 4.33. The molecule has 2 rings (SSSR count). The summed E-state index contributed by atoms with van der Waals surface area (Å²) in [5, 5.41) is 9.23. The molecule has 7 nitrogen and oxygen atoms in total. The van der Waals surface area contributed by atoms with E-state index in [0.717, 1.165) is 30.1 Å². The Morgan fingerprint density at radius 3 is 2.48 bits per heavy atom. The molecule has 0 bridgehead atoms. The fourth-order valence-corrected chi connectivity index (χ4v) is 2.83. The molecule has 2 aromatic carbocycles. The molecular weight excluding hydrogens is 368 g/mol. The summed E-state index contributed by atoms with van der Waals surface area (Å²) in [6.07, 6.45) is 0.783. The summed E-state index contributed by atoms with van der Waals surface area (Å²) in [5.74, 6) is 2.05. The molecule has 29 heavy (non-hydrogen) atoms. The Labute approximate surface area is 172 Å². The normalized spacial score (nSPS) is 11.0. The van der Waals surface area contributed by atoms with Crippen LogP contribution in [0.2, 0.25) is 0 Å². The number of carbonyl (C=O) groups excluding carboxylic acids is 1. The molecule has 0 aromatic heterocycles. The van der Waals surface area contributed by atoms with Gasteiger partial charge in [-0.2, -0.15) is 0 Å². The molecule has 0 heterocycles. The molecule has 0 radical (unpaired) electrons. The van der Waals surface area contributed by atoms with E-state index in [2.05, 4.69) is 20.9 Å². The molecule has 0 aliphatic carbocycles. The zero-order valence-electron chi connectivity index (χ0n) is 17.5. The van der Waals surface area contributed by atoms with E-state index >= 15 is 0 Å². The van der Waals surface area contributed by atoms with Crippen molar-refractivity contribution in [1.29, 1.82) is 0 Å². The van der Waals surface area contributed by atoms with E-state index in [4.69, 9.17) is 9.47 Å². The molecule has 2 aromatic rings. The number of methoxy groups -OCH3 is 2. The molecule has 7 heteroatoms. The van der Waals surface area contributed by atoms with Gasteiger partial charge in [-0.05, 0) is 48.7 Å². The van der Waals surface area contributed by atoms with Crippen molar-refractivity contribution in [3.8, 4) is 11.5 Å². The fraction of sp³-hybridized carbons (Fsp3) is 0.364. The van der Waals surface area contributed by atoms with Crippen molar-refractivity contribution in [3.63, 3.8) is 0 Å². The number of nitrogens with zero attached hydrogens (tertiary/aromatic N) is 1. The lowest BCUT2D eigenvalue weighted by molar-refractivity contribution is 0.0963. The van der Waals surface area contributed by atoms with Gasteiger partial charge in [0.2, 0.25) is 0 Å². The van der Waals surface area contributed by atoms with Crippen LogP contribution in [0.5, 0.6) is 11.5 Å². The van der Waals surface area contributed by atoms with Crippen molar-refractivity contribution in [2.75, 3.05) is 34.4 Å². The smallest absolute Gasteiger partial charge is 0.251 e. The van der Waals surface area contributed by atoms with Crippen LogP contribution in [0.4, 0.5) is 0 Å². The highest BCUT2D eigenvalue weighted by Gasteiger charge is 2.06. The number of amides is 1. The number of hydrogen-bond donors (Lipinski definition) is 3. The second kappa shape index (κ2) is 11.6. The molecule has 0 saturated carbocycles. The van der Waals surface area contributed by atoms with Crippen LogP contribution in [0.15, 0.2) is 47.5 Å². The standard InChI is InChI=1S/C22H30N4O3/c1-5-24-22(26-15-17-9-10-19(28-3)20(14-17)29-4)25-12-11-16-7-6-8-18(13-16)21(27)23-2/h6-10,13-14H,5,11-12,15H2,1-4H3,(H,23,27)(H2,24,25,26). The third kappa shape index (κ3) is 6.71. The van der Waals surface area contributed by atoms with Gasteiger partial charge >= 0.3 is 0 Å². The molecule has 0 aliphatic heterocycles. The summed E-state index contributed by atoms with van der Waals surface area (Å²) < 4.78 is 10.6. The van der Waals surface area contributed by atoms with Crippen molar-refractivity contribution in [1.82, 2.24) is 16.0 Å². The first-order valence-electron chi connectivity index (χ1n) is 9.65. The van der Waals surface area contributed by atoms with E-state index in [1.165, 1.54) is 0 Å². The van der Waals surface area contributed by atoms with E-state index in [-0.39, 0.29) is 5.91 Å². The molecule has 0 aliphatic rings. The van der Waals surface area contributed by atoms with Crippen LogP contribution in [0, 0.1) is 0 Å². The zero-order chi connectivity index (χ0) is 21.1. The molecular formula is C22H30N4O3. The molecule has 0 unspecified atom stereocenters. The van der Waals surface area contributed by atoms with E-state index in [1.54, 1.807) is 21.3 Å². The first-order valence-corrected chi connectivity index (χ1v) is 9.65.